The van der Waals surface area contributed by atoms with Crippen molar-refractivity contribution in [1.29, 1.82) is 5.26 Å². The third-order valence-corrected chi connectivity index (χ3v) is 5.06. The van der Waals surface area contributed by atoms with E-state index in [-0.39, 0.29) is 16.2 Å². The third kappa shape index (κ3) is 6.59. The van der Waals surface area contributed by atoms with Gasteiger partial charge in [0, 0.05) is 11.8 Å². The summed E-state index contributed by atoms with van der Waals surface area (Å²) in [5.74, 6) is -0.243. The van der Waals surface area contributed by atoms with Gasteiger partial charge in [0.2, 0.25) is 0 Å². The maximum absolute atomic E-state index is 12.5. The number of nitriles is 1. The minimum atomic E-state index is -0.594. The molecule has 0 unspecified atom stereocenters. The number of nitrogens with zero attached hydrogens (tertiary/aromatic N) is 1. The zero-order valence-electron chi connectivity index (χ0n) is 17.5. The fourth-order valence-electron chi connectivity index (χ4n) is 2.77. The molecule has 0 saturated heterocycles. The van der Waals surface area contributed by atoms with Gasteiger partial charge in [-0.2, -0.15) is 5.26 Å². The zero-order valence-corrected chi connectivity index (χ0v) is 19.0. The SMILES string of the molecule is CCOc1cccc(NC(=O)/C(C#N)=C/c2ccc(OC(=O)c3ccc(Cl)c(Cl)c3)cc2)c1. The van der Waals surface area contributed by atoms with Crippen LogP contribution >= 0.6 is 23.2 Å². The van der Waals surface area contributed by atoms with Crippen LogP contribution in [0.5, 0.6) is 11.5 Å². The summed E-state index contributed by atoms with van der Waals surface area (Å²) in [6.07, 6.45) is 1.44. The van der Waals surface area contributed by atoms with Crippen molar-refractivity contribution in [3.63, 3.8) is 0 Å². The van der Waals surface area contributed by atoms with Crippen LogP contribution < -0.4 is 14.8 Å². The summed E-state index contributed by atoms with van der Waals surface area (Å²) in [7, 11) is 0. The molecular weight excluding hydrogens is 463 g/mol. The van der Waals surface area contributed by atoms with Gasteiger partial charge in [-0.15, -0.1) is 0 Å². The molecule has 1 amide bonds. The highest BCUT2D eigenvalue weighted by atomic mass is 35.5. The molecule has 0 aliphatic carbocycles. The van der Waals surface area contributed by atoms with Crippen LogP contribution in [0.2, 0.25) is 10.0 Å². The number of anilines is 1. The number of rotatable bonds is 7. The monoisotopic (exact) mass is 480 g/mol. The summed E-state index contributed by atoms with van der Waals surface area (Å²) >= 11 is 11.8. The fraction of sp³-hybridized carbons (Fsp3) is 0.0800. The molecule has 6 nitrogen and oxygen atoms in total. The minimum Gasteiger partial charge on any atom is -0.494 e. The number of benzene rings is 3. The van der Waals surface area contributed by atoms with Gasteiger partial charge in [-0.1, -0.05) is 41.4 Å². The summed E-state index contributed by atoms with van der Waals surface area (Å²) < 4.78 is 10.7. The third-order valence-electron chi connectivity index (χ3n) is 4.32. The van der Waals surface area contributed by atoms with Crippen LogP contribution in [0.1, 0.15) is 22.8 Å². The van der Waals surface area contributed by atoms with E-state index in [2.05, 4.69) is 5.32 Å². The second kappa shape index (κ2) is 11.2. The predicted octanol–water partition coefficient (Wildman–Crippen LogP) is 6.16. The van der Waals surface area contributed by atoms with Crippen LogP contribution in [0, 0.1) is 11.3 Å². The van der Waals surface area contributed by atoms with Gasteiger partial charge < -0.3 is 14.8 Å². The lowest BCUT2D eigenvalue weighted by Gasteiger charge is -2.08. The van der Waals surface area contributed by atoms with Crippen molar-refractivity contribution in [1.82, 2.24) is 0 Å². The van der Waals surface area contributed by atoms with Crippen molar-refractivity contribution < 1.29 is 19.1 Å². The van der Waals surface area contributed by atoms with Gasteiger partial charge in [0.1, 0.15) is 23.1 Å². The smallest absolute Gasteiger partial charge is 0.343 e. The van der Waals surface area contributed by atoms with E-state index >= 15 is 0 Å². The predicted molar refractivity (Wildman–Crippen MR) is 128 cm³/mol. The Morgan fingerprint density at radius 3 is 2.42 bits per heavy atom. The van der Waals surface area contributed by atoms with Gasteiger partial charge in [0.05, 0.1) is 22.2 Å². The lowest BCUT2D eigenvalue weighted by atomic mass is 10.1. The Morgan fingerprint density at radius 1 is 1.00 bits per heavy atom. The summed E-state index contributed by atoms with van der Waals surface area (Å²) in [5, 5.41) is 12.7. The Labute approximate surface area is 201 Å². The Hall–Kier alpha value is -3.79. The second-order valence-corrected chi connectivity index (χ2v) is 7.49. The van der Waals surface area contributed by atoms with Gasteiger partial charge in [-0.3, -0.25) is 4.79 Å². The quantitative estimate of drug-likeness (QED) is 0.189. The summed E-state index contributed by atoms with van der Waals surface area (Å²) in [6.45, 7) is 2.36. The topological polar surface area (TPSA) is 88.4 Å². The van der Waals surface area contributed by atoms with Crippen LogP contribution in [0.15, 0.2) is 72.3 Å². The Morgan fingerprint density at radius 2 is 1.76 bits per heavy atom. The molecule has 0 radical (unpaired) electrons. The molecule has 0 spiro atoms. The maximum Gasteiger partial charge on any atom is 0.343 e. The Bertz CT molecular complexity index is 1250. The van der Waals surface area contributed by atoms with E-state index in [1.54, 1.807) is 48.5 Å². The largest absolute Gasteiger partial charge is 0.494 e. The van der Waals surface area contributed by atoms with E-state index in [4.69, 9.17) is 32.7 Å². The van der Waals surface area contributed by atoms with Crippen LogP contribution in [-0.4, -0.2) is 18.5 Å². The minimum absolute atomic E-state index is 0.0858. The number of hydrogen-bond acceptors (Lipinski definition) is 5. The molecule has 0 heterocycles. The van der Waals surface area contributed by atoms with Crippen molar-refractivity contribution in [2.45, 2.75) is 6.92 Å². The molecule has 3 aromatic rings. The van der Waals surface area contributed by atoms with Crippen molar-refractivity contribution in [2.75, 3.05) is 11.9 Å². The Kier molecular flexibility index (Phi) is 8.09. The van der Waals surface area contributed by atoms with Gasteiger partial charge in [-0.05, 0) is 61.0 Å². The first kappa shape index (κ1) is 23.9. The van der Waals surface area contributed by atoms with Crippen LogP contribution in [0.4, 0.5) is 5.69 Å². The second-order valence-electron chi connectivity index (χ2n) is 6.67. The molecule has 0 aliphatic rings. The van der Waals surface area contributed by atoms with Gasteiger partial charge in [0.15, 0.2) is 0 Å². The average molecular weight is 481 g/mol. The molecule has 3 aromatic carbocycles. The van der Waals surface area contributed by atoms with E-state index in [1.165, 1.54) is 24.3 Å². The number of nitrogens with one attached hydrogen (secondary N) is 1. The van der Waals surface area contributed by atoms with E-state index in [0.29, 0.717) is 34.4 Å². The van der Waals surface area contributed by atoms with Crippen molar-refractivity contribution in [3.05, 3.63) is 93.5 Å². The highest BCUT2D eigenvalue weighted by Gasteiger charge is 2.12. The molecule has 0 aliphatic heterocycles. The van der Waals surface area contributed by atoms with Crippen molar-refractivity contribution in [2.24, 2.45) is 0 Å². The van der Waals surface area contributed by atoms with E-state index in [9.17, 15) is 14.9 Å². The first-order valence-electron chi connectivity index (χ1n) is 9.83. The zero-order chi connectivity index (χ0) is 23.8. The first-order valence-corrected chi connectivity index (χ1v) is 10.6. The van der Waals surface area contributed by atoms with E-state index in [1.807, 2.05) is 13.0 Å². The normalized spacial score (nSPS) is 10.8. The standard InChI is InChI=1S/C25H18Cl2N2O4/c1-2-32-21-5-3-4-19(14-21)29-24(30)18(15-28)12-16-6-9-20(10-7-16)33-25(31)17-8-11-22(26)23(27)13-17/h3-14H,2H2,1H3,(H,29,30)/b18-12+. The van der Waals surface area contributed by atoms with Crippen LogP contribution in [0.25, 0.3) is 6.08 Å². The highest BCUT2D eigenvalue weighted by Crippen LogP contribution is 2.24. The molecule has 0 fully saturated rings. The molecule has 33 heavy (non-hydrogen) atoms. The molecule has 1 N–H and O–H groups in total. The van der Waals surface area contributed by atoms with Gasteiger partial charge in [0.25, 0.3) is 5.91 Å². The lowest BCUT2D eigenvalue weighted by molar-refractivity contribution is -0.112. The molecular formula is C25H18Cl2N2O4. The molecule has 3 rings (SSSR count). The highest BCUT2D eigenvalue weighted by molar-refractivity contribution is 6.42. The molecule has 0 saturated carbocycles. The number of amides is 1. The molecule has 0 atom stereocenters. The van der Waals surface area contributed by atoms with E-state index < -0.39 is 11.9 Å². The van der Waals surface area contributed by atoms with Gasteiger partial charge in [-0.25, -0.2) is 4.79 Å². The lowest BCUT2D eigenvalue weighted by Crippen LogP contribution is -2.13. The van der Waals surface area contributed by atoms with Crippen molar-refractivity contribution >= 4 is 46.8 Å². The number of carbonyl (C=O) groups excluding carboxylic acids is 2. The van der Waals surface area contributed by atoms with Gasteiger partial charge >= 0.3 is 5.97 Å². The summed E-state index contributed by atoms with van der Waals surface area (Å²) in [5.41, 5.74) is 1.26. The van der Waals surface area contributed by atoms with E-state index in [0.717, 1.165) is 0 Å². The number of halogens is 2. The maximum atomic E-state index is 12.5. The summed E-state index contributed by atoms with van der Waals surface area (Å²) in [4.78, 5) is 24.8. The number of esters is 1. The molecule has 0 bridgehead atoms. The number of ether oxygens (including phenoxy) is 2. The molecule has 0 aromatic heterocycles. The fourth-order valence-corrected chi connectivity index (χ4v) is 3.06. The number of hydrogen-bond donors (Lipinski definition) is 1. The first-order chi connectivity index (χ1) is 15.9. The average Bonchev–Trinajstić information content (AvgIpc) is 2.80. The van der Waals surface area contributed by atoms with Crippen LogP contribution in [-0.2, 0) is 4.79 Å². The molecule has 8 heteroatoms. The Balaban J connectivity index is 1.68. The van der Waals surface area contributed by atoms with Crippen LogP contribution in [0.3, 0.4) is 0 Å². The number of carbonyl (C=O) groups is 2. The van der Waals surface area contributed by atoms with Crippen molar-refractivity contribution in [3.8, 4) is 17.6 Å². The summed E-state index contributed by atoms with van der Waals surface area (Å²) in [6, 6.07) is 19.6. The molecule has 166 valence electrons.